The summed E-state index contributed by atoms with van der Waals surface area (Å²) >= 11 is 1.83. The minimum Gasteiger partial charge on any atom is -0.398 e. The fourth-order valence-corrected chi connectivity index (χ4v) is 3.27. The van der Waals surface area contributed by atoms with E-state index in [-0.39, 0.29) is 0 Å². The largest absolute Gasteiger partial charge is 0.398 e. The molecule has 2 nitrogen and oxygen atoms in total. The fourth-order valence-electron chi connectivity index (χ4n) is 2.46. The third-order valence-electron chi connectivity index (χ3n) is 3.55. The Bertz CT molecular complexity index is 519. The predicted octanol–water partition coefficient (Wildman–Crippen LogP) is 3.41. The van der Waals surface area contributed by atoms with Gasteiger partial charge in [-0.05, 0) is 35.6 Å². The van der Waals surface area contributed by atoms with Crippen molar-refractivity contribution in [2.24, 2.45) is 0 Å². The van der Waals surface area contributed by atoms with Crippen molar-refractivity contribution < 1.29 is 0 Å². The minimum atomic E-state index is 0.474. The Morgan fingerprint density at radius 2 is 2.12 bits per heavy atom. The van der Waals surface area contributed by atoms with Gasteiger partial charge in [0.05, 0.1) is 0 Å². The highest BCUT2D eigenvalue weighted by atomic mass is 32.1. The normalized spacial score (nSPS) is 17.0. The van der Waals surface area contributed by atoms with Gasteiger partial charge in [0.1, 0.15) is 0 Å². The van der Waals surface area contributed by atoms with Gasteiger partial charge in [0.25, 0.3) is 0 Å². The van der Waals surface area contributed by atoms with E-state index in [9.17, 15) is 0 Å². The van der Waals surface area contributed by atoms with Gasteiger partial charge in [0.15, 0.2) is 0 Å². The van der Waals surface area contributed by atoms with Crippen molar-refractivity contribution in [3.63, 3.8) is 0 Å². The average Bonchev–Trinajstić information content (AvgIpc) is 2.98. The molecule has 2 heterocycles. The summed E-state index contributed by atoms with van der Waals surface area (Å²) in [6, 6.07) is 11.0. The zero-order valence-corrected chi connectivity index (χ0v) is 10.7. The zero-order chi connectivity index (χ0) is 11.8. The van der Waals surface area contributed by atoms with E-state index >= 15 is 0 Å². The zero-order valence-electron chi connectivity index (χ0n) is 9.89. The summed E-state index contributed by atoms with van der Waals surface area (Å²) in [5, 5.41) is 2.14. The SMILES string of the molecule is CC(c1cccs1)N1Cc2cccc(N)c2C1. The lowest BCUT2D eigenvalue weighted by atomic mass is 10.1. The van der Waals surface area contributed by atoms with Gasteiger partial charge in [-0.25, -0.2) is 0 Å². The van der Waals surface area contributed by atoms with E-state index in [4.69, 9.17) is 5.73 Å². The highest BCUT2D eigenvalue weighted by Gasteiger charge is 2.25. The van der Waals surface area contributed by atoms with Crippen LogP contribution in [-0.4, -0.2) is 4.90 Å². The second-order valence-electron chi connectivity index (χ2n) is 4.58. The molecule has 1 aromatic carbocycles. The van der Waals surface area contributed by atoms with Gasteiger partial charge in [-0.2, -0.15) is 0 Å². The van der Waals surface area contributed by atoms with Crippen molar-refractivity contribution in [2.75, 3.05) is 5.73 Å². The summed E-state index contributed by atoms with van der Waals surface area (Å²) in [5.41, 5.74) is 9.66. The van der Waals surface area contributed by atoms with E-state index in [1.807, 2.05) is 23.5 Å². The molecule has 17 heavy (non-hydrogen) atoms. The highest BCUT2D eigenvalue weighted by molar-refractivity contribution is 7.10. The number of thiophene rings is 1. The monoisotopic (exact) mass is 244 g/mol. The van der Waals surface area contributed by atoms with Crippen molar-refractivity contribution >= 4 is 17.0 Å². The van der Waals surface area contributed by atoms with Gasteiger partial charge in [-0.3, -0.25) is 4.90 Å². The van der Waals surface area contributed by atoms with Crippen LogP contribution >= 0.6 is 11.3 Å². The van der Waals surface area contributed by atoms with Gasteiger partial charge in [0.2, 0.25) is 0 Å². The molecule has 2 aromatic rings. The summed E-state index contributed by atoms with van der Waals surface area (Å²) in [6.45, 7) is 4.26. The number of nitrogen functional groups attached to an aromatic ring is 1. The first-order chi connectivity index (χ1) is 8.25. The molecular formula is C14H16N2S. The van der Waals surface area contributed by atoms with E-state index in [1.165, 1.54) is 16.0 Å². The van der Waals surface area contributed by atoms with Crippen molar-refractivity contribution in [3.8, 4) is 0 Å². The Morgan fingerprint density at radius 3 is 2.82 bits per heavy atom. The van der Waals surface area contributed by atoms with E-state index in [1.54, 1.807) is 0 Å². The third-order valence-corrected chi connectivity index (χ3v) is 4.59. The molecule has 0 amide bonds. The van der Waals surface area contributed by atoms with E-state index in [0.717, 1.165) is 18.8 Å². The van der Waals surface area contributed by atoms with Crippen LogP contribution in [0.4, 0.5) is 5.69 Å². The molecule has 1 atom stereocenters. The number of nitrogens with zero attached hydrogens (tertiary/aromatic N) is 1. The van der Waals surface area contributed by atoms with Crippen LogP contribution in [0.2, 0.25) is 0 Å². The molecule has 88 valence electrons. The maximum atomic E-state index is 6.03. The molecule has 1 aromatic heterocycles. The maximum Gasteiger partial charge on any atom is 0.0420 e. The van der Waals surface area contributed by atoms with Crippen molar-refractivity contribution in [1.29, 1.82) is 0 Å². The van der Waals surface area contributed by atoms with Crippen LogP contribution in [0.25, 0.3) is 0 Å². The second kappa shape index (κ2) is 4.17. The number of hydrogen-bond acceptors (Lipinski definition) is 3. The standard InChI is InChI=1S/C14H16N2S/c1-10(14-6-3-7-17-14)16-8-11-4-2-5-13(15)12(11)9-16/h2-7,10H,8-9,15H2,1H3. The first kappa shape index (κ1) is 10.8. The Kier molecular flexibility index (Phi) is 2.65. The summed E-state index contributed by atoms with van der Waals surface area (Å²) < 4.78 is 0. The molecule has 3 rings (SSSR count). The second-order valence-corrected chi connectivity index (χ2v) is 5.56. The number of hydrogen-bond donors (Lipinski definition) is 1. The van der Waals surface area contributed by atoms with Crippen LogP contribution in [-0.2, 0) is 13.1 Å². The first-order valence-electron chi connectivity index (χ1n) is 5.89. The summed E-state index contributed by atoms with van der Waals surface area (Å²) in [6.07, 6.45) is 0. The molecule has 1 aliphatic heterocycles. The summed E-state index contributed by atoms with van der Waals surface area (Å²) in [4.78, 5) is 3.91. The van der Waals surface area contributed by atoms with Crippen LogP contribution in [0.1, 0.15) is 29.0 Å². The molecular weight excluding hydrogens is 228 g/mol. The van der Waals surface area contributed by atoms with Crippen LogP contribution in [0.3, 0.4) is 0 Å². The quantitative estimate of drug-likeness (QED) is 0.820. The van der Waals surface area contributed by atoms with Crippen molar-refractivity contribution in [1.82, 2.24) is 4.90 Å². The van der Waals surface area contributed by atoms with E-state index in [0.29, 0.717) is 6.04 Å². The molecule has 0 saturated carbocycles. The fraction of sp³-hybridized carbons (Fsp3) is 0.286. The van der Waals surface area contributed by atoms with E-state index < -0.39 is 0 Å². The molecule has 0 bridgehead atoms. The minimum absolute atomic E-state index is 0.474. The summed E-state index contributed by atoms with van der Waals surface area (Å²) in [5.74, 6) is 0. The Balaban J connectivity index is 1.85. The van der Waals surface area contributed by atoms with Gasteiger partial charge < -0.3 is 5.73 Å². The maximum absolute atomic E-state index is 6.03. The Morgan fingerprint density at radius 1 is 1.24 bits per heavy atom. The lowest BCUT2D eigenvalue weighted by molar-refractivity contribution is 0.218. The molecule has 1 aliphatic rings. The number of anilines is 1. The predicted molar refractivity (Wildman–Crippen MR) is 72.8 cm³/mol. The molecule has 0 saturated heterocycles. The van der Waals surface area contributed by atoms with Crippen LogP contribution in [0, 0.1) is 0 Å². The number of fused-ring (bicyclic) bond motifs is 1. The smallest absolute Gasteiger partial charge is 0.0420 e. The van der Waals surface area contributed by atoms with Crippen LogP contribution in [0.5, 0.6) is 0 Å². The topological polar surface area (TPSA) is 29.3 Å². The van der Waals surface area contributed by atoms with Crippen molar-refractivity contribution in [3.05, 3.63) is 51.7 Å². The van der Waals surface area contributed by atoms with Crippen LogP contribution < -0.4 is 5.73 Å². The molecule has 1 unspecified atom stereocenters. The van der Waals surface area contributed by atoms with Gasteiger partial charge in [0, 0.05) is 29.7 Å². The molecule has 0 radical (unpaired) electrons. The lowest BCUT2D eigenvalue weighted by Gasteiger charge is -2.22. The highest BCUT2D eigenvalue weighted by Crippen LogP contribution is 2.34. The van der Waals surface area contributed by atoms with Crippen molar-refractivity contribution in [2.45, 2.75) is 26.1 Å². The first-order valence-corrected chi connectivity index (χ1v) is 6.77. The molecule has 2 N–H and O–H groups in total. The molecule has 0 spiro atoms. The number of rotatable bonds is 2. The van der Waals surface area contributed by atoms with Crippen LogP contribution in [0.15, 0.2) is 35.7 Å². The number of benzene rings is 1. The third kappa shape index (κ3) is 1.85. The molecule has 3 heteroatoms. The van der Waals surface area contributed by atoms with Gasteiger partial charge in [-0.15, -0.1) is 11.3 Å². The summed E-state index contributed by atoms with van der Waals surface area (Å²) in [7, 11) is 0. The number of nitrogens with two attached hydrogens (primary N) is 1. The van der Waals surface area contributed by atoms with E-state index in [2.05, 4.69) is 35.4 Å². The van der Waals surface area contributed by atoms with Gasteiger partial charge in [-0.1, -0.05) is 18.2 Å². The Labute approximate surface area is 106 Å². The molecule has 0 fully saturated rings. The van der Waals surface area contributed by atoms with Gasteiger partial charge >= 0.3 is 0 Å². The molecule has 0 aliphatic carbocycles. The average molecular weight is 244 g/mol. The Hall–Kier alpha value is -1.32. The lowest BCUT2D eigenvalue weighted by Crippen LogP contribution is -2.20.